The minimum atomic E-state index is -0.461. The molecule has 2 fully saturated rings. The number of hydrogen-bond acceptors (Lipinski definition) is 3. The maximum Gasteiger partial charge on any atom is 0.228 e. The van der Waals surface area contributed by atoms with Gasteiger partial charge in [-0.25, -0.2) is 8.78 Å². The molecule has 1 atom stereocenters. The lowest BCUT2D eigenvalue weighted by Crippen LogP contribution is -2.50. The maximum atomic E-state index is 14.0. The Bertz CT molecular complexity index is 879. The Morgan fingerprint density at radius 2 is 1.61 bits per heavy atom. The van der Waals surface area contributed by atoms with Crippen LogP contribution in [-0.4, -0.2) is 49.4 Å². The van der Waals surface area contributed by atoms with Crippen molar-refractivity contribution in [3.05, 3.63) is 60.2 Å². The standard InChI is InChI=1S/C21H21F2N3O2/c22-16-5-7-17(8-6-16)24-9-11-25(12-10-24)21(28)15-13-20(27)26(14-15)19-4-2-1-3-18(19)23/h1-8,15H,9-14H2/t15-/m1/s1. The molecule has 0 unspecified atom stereocenters. The molecule has 2 amide bonds. The van der Waals surface area contributed by atoms with E-state index in [-0.39, 0.29) is 36.3 Å². The predicted molar refractivity (Wildman–Crippen MR) is 102 cm³/mol. The van der Waals surface area contributed by atoms with E-state index in [0.29, 0.717) is 26.2 Å². The van der Waals surface area contributed by atoms with Crippen molar-refractivity contribution in [3.8, 4) is 0 Å². The molecule has 0 aromatic heterocycles. The van der Waals surface area contributed by atoms with Crippen LogP contribution in [0.5, 0.6) is 0 Å². The van der Waals surface area contributed by atoms with Gasteiger partial charge < -0.3 is 14.7 Å². The van der Waals surface area contributed by atoms with Gasteiger partial charge in [-0.15, -0.1) is 0 Å². The zero-order valence-electron chi connectivity index (χ0n) is 15.4. The van der Waals surface area contributed by atoms with Gasteiger partial charge in [-0.2, -0.15) is 0 Å². The molecule has 2 aliphatic heterocycles. The highest BCUT2D eigenvalue weighted by Crippen LogP contribution is 2.28. The van der Waals surface area contributed by atoms with Gasteiger partial charge in [0, 0.05) is 44.8 Å². The number of nitrogens with zero attached hydrogens (tertiary/aromatic N) is 3. The molecule has 0 N–H and O–H groups in total. The lowest BCUT2D eigenvalue weighted by molar-refractivity contribution is -0.136. The van der Waals surface area contributed by atoms with Gasteiger partial charge in [-0.05, 0) is 36.4 Å². The molecule has 2 aromatic rings. The predicted octanol–water partition coefficient (Wildman–Crippen LogP) is 2.67. The van der Waals surface area contributed by atoms with E-state index in [0.717, 1.165) is 5.69 Å². The van der Waals surface area contributed by atoms with E-state index in [9.17, 15) is 18.4 Å². The van der Waals surface area contributed by atoms with E-state index in [1.54, 1.807) is 35.2 Å². The minimum Gasteiger partial charge on any atom is -0.368 e. The van der Waals surface area contributed by atoms with Crippen molar-refractivity contribution in [2.75, 3.05) is 42.5 Å². The number of rotatable bonds is 3. The van der Waals surface area contributed by atoms with Crippen molar-refractivity contribution in [3.63, 3.8) is 0 Å². The van der Waals surface area contributed by atoms with Crippen LogP contribution in [0.2, 0.25) is 0 Å². The Balaban J connectivity index is 1.37. The first-order valence-corrected chi connectivity index (χ1v) is 9.37. The second-order valence-electron chi connectivity index (χ2n) is 7.15. The van der Waals surface area contributed by atoms with Gasteiger partial charge in [-0.1, -0.05) is 12.1 Å². The van der Waals surface area contributed by atoms with Crippen molar-refractivity contribution in [1.29, 1.82) is 0 Å². The number of amides is 2. The summed E-state index contributed by atoms with van der Waals surface area (Å²) in [5, 5.41) is 0. The second-order valence-corrected chi connectivity index (χ2v) is 7.15. The van der Waals surface area contributed by atoms with Gasteiger partial charge in [0.1, 0.15) is 11.6 Å². The highest BCUT2D eigenvalue weighted by molar-refractivity contribution is 6.00. The quantitative estimate of drug-likeness (QED) is 0.816. The first-order valence-electron chi connectivity index (χ1n) is 9.37. The average Bonchev–Trinajstić information content (AvgIpc) is 3.10. The van der Waals surface area contributed by atoms with Gasteiger partial charge in [-0.3, -0.25) is 9.59 Å². The van der Waals surface area contributed by atoms with Crippen molar-refractivity contribution >= 4 is 23.2 Å². The molecule has 2 heterocycles. The molecule has 146 valence electrons. The van der Waals surface area contributed by atoms with Crippen LogP contribution < -0.4 is 9.80 Å². The molecule has 0 radical (unpaired) electrons. The molecule has 0 bridgehead atoms. The highest BCUT2D eigenvalue weighted by Gasteiger charge is 2.38. The largest absolute Gasteiger partial charge is 0.368 e. The Labute approximate surface area is 162 Å². The van der Waals surface area contributed by atoms with E-state index in [4.69, 9.17) is 0 Å². The van der Waals surface area contributed by atoms with E-state index in [1.165, 1.54) is 23.1 Å². The second kappa shape index (κ2) is 7.58. The molecule has 0 spiro atoms. The topological polar surface area (TPSA) is 43.9 Å². The van der Waals surface area contributed by atoms with E-state index in [1.807, 2.05) is 0 Å². The van der Waals surface area contributed by atoms with Crippen LogP contribution in [-0.2, 0) is 9.59 Å². The summed E-state index contributed by atoms with van der Waals surface area (Å²) in [6.07, 6.45) is 0.103. The first-order chi connectivity index (χ1) is 13.5. The van der Waals surface area contributed by atoms with E-state index < -0.39 is 11.7 Å². The molecule has 7 heteroatoms. The molecule has 2 aliphatic rings. The lowest BCUT2D eigenvalue weighted by Gasteiger charge is -2.37. The van der Waals surface area contributed by atoms with Crippen LogP contribution in [0.25, 0.3) is 0 Å². The monoisotopic (exact) mass is 385 g/mol. The Kier molecular flexibility index (Phi) is 4.98. The third kappa shape index (κ3) is 3.56. The van der Waals surface area contributed by atoms with Crippen molar-refractivity contribution < 1.29 is 18.4 Å². The SMILES string of the molecule is O=C([C@@H]1CC(=O)N(c2ccccc2F)C1)N1CCN(c2ccc(F)cc2)CC1. The molecule has 5 nitrogen and oxygen atoms in total. The van der Waals surface area contributed by atoms with Crippen LogP contribution in [0.1, 0.15) is 6.42 Å². The minimum absolute atomic E-state index is 0.0639. The van der Waals surface area contributed by atoms with E-state index >= 15 is 0 Å². The summed E-state index contributed by atoms with van der Waals surface area (Å²) in [5.74, 6) is -1.48. The van der Waals surface area contributed by atoms with Crippen LogP contribution in [0.3, 0.4) is 0 Å². The van der Waals surface area contributed by atoms with Crippen molar-refractivity contribution in [2.45, 2.75) is 6.42 Å². The fraction of sp³-hybridized carbons (Fsp3) is 0.333. The summed E-state index contributed by atoms with van der Waals surface area (Å²) in [6.45, 7) is 2.59. The van der Waals surface area contributed by atoms with Gasteiger partial charge >= 0.3 is 0 Å². The van der Waals surface area contributed by atoms with Gasteiger partial charge in [0.25, 0.3) is 0 Å². The van der Waals surface area contributed by atoms with Crippen LogP contribution in [0.15, 0.2) is 48.5 Å². The Hall–Kier alpha value is -2.96. The third-order valence-corrected chi connectivity index (χ3v) is 5.40. The van der Waals surface area contributed by atoms with Gasteiger partial charge in [0.15, 0.2) is 0 Å². The smallest absolute Gasteiger partial charge is 0.228 e. The third-order valence-electron chi connectivity index (χ3n) is 5.40. The molecule has 4 rings (SSSR count). The molecule has 0 saturated carbocycles. The summed E-state index contributed by atoms with van der Waals surface area (Å²) < 4.78 is 27.1. The van der Waals surface area contributed by atoms with Crippen molar-refractivity contribution in [1.82, 2.24) is 4.90 Å². The summed E-state index contributed by atoms with van der Waals surface area (Å²) in [5.41, 5.74) is 1.15. The Morgan fingerprint density at radius 1 is 0.929 bits per heavy atom. The number of anilines is 2. The number of hydrogen-bond donors (Lipinski definition) is 0. The number of halogens is 2. The summed E-state index contributed by atoms with van der Waals surface area (Å²) >= 11 is 0. The van der Waals surface area contributed by atoms with Crippen LogP contribution >= 0.6 is 0 Å². The van der Waals surface area contributed by atoms with Crippen molar-refractivity contribution in [2.24, 2.45) is 5.92 Å². The number of piperazine rings is 1. The zero-order valence-corrected chi connectivity index (χ0v) is 15.4. The number of para-hydroxylation sites is 1. The molecule has 0 aliphatic carbocycles. The molecule has 2 saturated heterocycles. The number of benzene rings is 2. The summed E-state index contributed by atoms with van der Waals surface area (Å²) in [7, 11) is 0. The van der Waals surface area contributed by atoms with Gasteiger partial charge in [0.2, 0.25) is 11.8 Å². The van der Waals surface area contributed by atoms with E-state index in [2.05, 4.69) is 4.90 Å². The Morgan fingerprint density at radius 3 is 2.29 bits per heavy atom. The maximum absolute atomic E-state index is 14.0. The van der Waals surface area contributed by atoms with Crippen LogP contribution in [0, 0.1) is 17.6 Å². The first kappa shape index (κ1) is 18.4. The zero-order chi connectivity index (χ0) is 19.7. The lowest BCUT2D eigenvalue weighted by atomic mass is 10.1. The van der Waals surface area contributed by atoms with Gasteiger partial charge in [0.05, 0.1) is 11.6 Å². The molecule has 2 aromatic carbocycles. The normalized spacial score (nSPS) is 20.0. The molecular weight excluding hydrogens is 364 g/mol. The summed E-state index contributed by atoms with van der Waals surface area (Å²) in [6, 6.07) is 12.4. The summed E-state index contributed by atoms with van der Waals surface area (Å²) in [4.78, 5) is 30.5. The van der Waals surface area contributed by atoms with Crippen LogP contribution in [0.4, 0.5) is 20.2 Å². The average molecular weight is 385 g/mol. The highest BCUT2D eigenvalue weighted by atomic mass is 19.1. The molecular formula is C21H21F2N3O2. The number of carbonyl (C=O) groups excluding carboxylic acids is 2. The fourth-order valence-corrected chi connectivity index (χ4v) is 3.87. The molecule has 28 heavy (non-hydrogen) atoms. The fourth-order valence-electron chi connectivity index (χ4n) is 3.87. The number of carbonyl (C=O) groups is 2.